The zero-order chi connectivity index (χ0) is 10.7. The Morgan fingerprint density at radius 3 is 2.87 bits per heavy atom. The lowest BCUT2D eigenvalue weighted by Gasteiger charge is -2.20. The van der Waals surface area contributed by atoms with Gasteiger partial charge in [-0.25, -0.2) is 4.98 Å². The lowest BCUT2D eigenvalue weighted by Crippen LogP contribution is -2.13. The van der Waals surface area contributed by atoms with Crippen molar-refractivity contribution in [2.45, 2.75) is 25.7 Å². The molecule has 15 heavy (non-hydrogen) atoms. The van der Waals surface area contributed by atoms with Crippen LogP contribution >= 0.6 is 11.8 Å². The number of hydrogen-bond acceptors (Lipinski definition) is 5. The normalized spacial score (nSPS) is 17.7. The molecular formula is C10H13N3OS. The Hall–Kier alpha value is -0.970. The average molecular weight is 223 g/mol. The van der Waals surface area contributed by atoms with E-state index in [-0.39, 0.29) is 11.6 Å². The van der Waals surface area contributed by atoms with Gasteiger partial charge in [-0.1, -0.05) is 0 Å². The Labute approximate surface area is 92.9 Å². The molecule has 5 heteroatoms. The van der Waals surface area contributed by atoms with E-state index in [0.717, 1.165) is 18.5 Å². The summed E-state index contributed by atoms with van der Waals surface area (Å²) in [5.74, 6) is 2.92. The molecule has 1 aromatic rings. The Bertz CT molecular complexity index is 363. The number of ketones is 1. The van der Waals surface area contributed by atoms with Crippen LogP contribution in [0.15, 0.2) is 6.20 Å². The largest absolute Gasteiger partial charge is 0.291 e. The summed E-state index contributed by atoms with van der Waals surface area (Å²) in [7, 11) is 0. The lowest BCUT2D eigenvalue weighted by atomic mass is 9.99. The van der Waals surface area contributed by atoms with Gasteiger partial charge in [-0.05, 0) is 24.3 Å². The van der Waals surface area contributed by atoms with Crippen molar-refractivity contribution >= 4 is 17.5 Å². The molecule has 1 aliphatic rings. The van der Waals surface area contributed by atoms with Gasteiger partial charge in [-0.3, -0.25) is 4.79 Å². The molecular weight excluding hydrogens is 210 g/mol. The second kappa shape index (κ2) is 4.70. The molecule has 0 amide bonds. The van der Waals surface area contributed by atoms with Crippen molar-refractivity contribution in [1.82, 2.24) is 15.2 Å². The summed E-state index contributed by atoms with van der Waals surface area (Å²) >= 11 is 1.97. The Balaban J connectivity index is 2.19. The van der Waals surface area contributed by atoms with Gasteiger partial charge in [-0.15, -0.1) is 5.10 Å². The summed E-state index contributed by atoms with van der Waals surface area (Å²) in [5, 5.41) is 7.56. The van der Waals surface area contributed by atoms with Crippen LogP contribution in [0.25, 0.3) is 0 Å². The average Bonchev–Trinajstić information content (AvgIpc) is 2.30. The summed E-state index contributed by atoms with van der Waals surface area (Å²) in [6, 6.07) is 0. The minimum absolute atomic E-state index is 0.116. The van der Waals surface area contributed by atoms with Gasteiger partial charge in [0, 0.05) is 12.8 Å². The number of aromatic nitrogens is 3. The van der Waals surface area contributed by atoms with Gasteiger partial charge < -0.3 is 0 Å². The molecule has 0 bridgehead atoms. The summed E-state index contributed by atoms with van der Waals surface area (Å²) in [4.78, 5) is 15.4. The zero-order valence-electron chi connectivity index (χ0n) is 8.64. The highest BCUT2D eigenvalue weighted by atomic mass is 32.2. The van der Waals surface area contributed by atoms with Gasteiger partial charge in [0.2, 0.25) is 5.82 Å². The van der Waals surface area contributed by atoms with E-state index in [1.165, 1.54) is 18.4 Å². The van der Waals surface area contributed by atoms with Crippen LogP contribution in [0.3, 0.4) is 0 Å². The molecule has 1 fully saturated rings. The van der Waals surface area contributed by atoms with Gasteiger partial charge >= 0.3 is 0 Å². The summed E-state index contributed by atoms with van der Waals surface area (Å²) < 4.78 is 0. The smallest absolute Gasteiger partial charge is 0.217 e. The zero-order valence-corrected chi connectivity index (χ0v) is 9.46. The maximum Gasteiger partial charge on any atom is 0.217 e. The first-order valence-electron chi connectivity index (χ1n) is 5.05. The molecule has 0 aromatic carbocycles. The third-order valence-electron chi connectivity index (χ3n) is 2.53. The van der Waals surface area contributed by atoms with Crippen LogP contribution in [0.5, 0.6) is 0 Å². The van der Waals surface area contributed by atoms with E-state index in [2.05, 4.69) is 15.2 Å². The molecule has 80 valence electrons. The van der Waals surface area contributed by atoms with Crippen molar-refractivity contribution in [3.8, 4) is 0 Å². The molecule has 1 aromatic heterocycles. The molecule has 2 rings (SSSR count). The Morgan fingerprint density at radius 2 is 2.20 bits per heavy atom. The van der Waals surface area contributed by atoms with Gasteiger partial charge in [0.15, 0.2) is 5.78 Å². The number of carbonyl (C=O) groups excluding carboxylic acids is 1. The molecule has 1 aliphatic heterocycles. The van der Waals surface area contributed by atoms with Crippen LogP contribution in [0.4, 0.5) is 0 Å². The molecule has 0 unspecified atom stereocenters. The highest BCUT2D eigenvalue weighted by Crippen LogP contribution is 2.29. The molecule has 1 saturated heterocycles. The number of rotatable bonds is 2. The van der Waals surface area contributed by atoms with Crippen LogP contribution < -0.4 is 0 Å². The Kier molecular flexibility index (Phi) is 3.30. The fourth-order valence-corrected chi connectivity index (χ4v) is 2.76. The van der Waals surface area contributed by atoms with Gasteiger partial charge in [-0.2, -0.15) is 16.9 Å². The van der Waals surface area contributed by atoms with Crippen molar-refractivity contribution in [1.29, 1.82) is 0 Å². The first kappa shape index (κ1) is 10.5. The van der Waals surface area contributed by atoms with E-state index >= 15 is 0 Å². The van der Waals surface area contributed by atoms with E-state index in [0.29, 0.717) is 5.92 Å². The van der Waals surface area contributed by atoms with Crippen molar-refractivity contribution in [3.63, 3.8) is 0 Å². The summed E-state index contributed by atoms with van der Waals surface area (Å²) in [6.45, 7) is 1.47. The molecule has 0 radical (unpaired) electrons. The van der Waals surface area contributed by atoms with Crippen LogP contribution in [-0.2, 0) is 0 Å². The fraction of sp³-hybridized carbons (Fsp3) is 0.600. The van der Waals surface area contributed by atoms with Crippen LogP contribution in [0.1, 0.15) is 42.0 Å². The third-order valence-corrected chi connectivity index (χ3v) is 3.58. The molecule has 0 spiro atoms. The monoisotopic (exact) mass is 223 g/mol. The van der Waals surface area contributed by atoms with Crippen LogP contribution in [0, 0.1) is 0 Å². The second-order valence-corrected chi connectivity index (χ2v) is 4.87. The summed E-state index contributed by atoms with van der Waals surface area (Å²) in [5.41, 5.74) is 0.926. The maximum atomic E-state index is 11.1. The van der Waals surface area contributed by atoms with Crippen molar-refractivity contribution in [3.05, 3.63) is 17.7 Å². The number of hydrogen-bond donors (Lipinski definition) is 0. The molecule has 0 N–H and O–H groups in total. The molecule has 0 aliphatic carbocycles. The quantitative estimate of drug-likeness (QED) is 0.714. The Morgan fingerprint density at radius 1 is 1.47 bits per heavy atom. The topological polar surface area (TPSA) is 55.7 Å². The molecule has 0 atom stereocenters. The standard InChI is InChI=1S/C10H13N3OS/c1-7(14)10-12-9(6-11-13-10)8-2-4-15-5-3-8/h6,8H,2-5H2,1H3. The van der Waals surface area contributed by atoms with E-state index in [1.54, 1.807) is 6.20 Å². The van der Waals surface area contributed by atoms with Crippen molar-refractivity contribution < 1.29 is 4.79 Å². The maximum absolute atomic E-state index is 11.1. The number of nitrogens with zero attached hydrogens (tertiary/aromatic N) is 3. The van der Waals surface area contributed by atoms with Crippen LogP contribution in [-0.4, -0.2) is 32.5 Å². The third kappa shape index (κ3) is 2.53. The SMILES string of the molecule is CC(=O)c1nncc(C2CCSCC2)n1. The minimum atomic E-state index is -0.116. The lowest BCUT2D eigenvalue weighted by molar-refractivity contribution is 0.100. The predicted octanol–water partition coefficient (Wildman–Crippen LogP) is 1.68. The van der Waals surface area contributed by atoms with Gasteiger partial charge in [0.1, 0.15) is 0 Å². The molecule has 0 saturated carbocycles. The predicted molar refractivity (Wildman–Crippen MR) is 59.1 cm³/mol. The minimum Gasteiger partial charge on any atom is -0.291 e. The van der Waals surface area contributed by atoms with Gasteiger partial charge in [0.05, 0.1) is 11.9 Å². The second-order valence-electron chi connectivity index (χ2n) is 3.65. The highest BCUT2D eigenvalue weighted by molar-refractivity contribution is 7.99. The van der Waals surface area contributed by atoms with Crippen molar-refractivity contribution in [2.24, 2.45) is 0 Å². The van der Waals surface area contributed by atoms with E-state index in [1.807, 2.05) is 11.8 Å². The van der Waals surface area contributed by atoms with Crippen LogP contribution in [0.2, 0.25) is 0 Å². The summed E-state index contributed by atoms with van der Waals surface area (Å²) in [6.07, 6.45) is 3.94. The number of Topliss-reactive ketones (excluding diaryl/α,β-unsaturated/α-hetero) is 1. The number of thioether (sulfide) groups is 1. The molecule has 4 nitrogen and oxygen atoms in total. The van der Waals surface area contributed by atoms with Gasteiger partial charge in [0.25, 0.3) is 0 Å². The van der Waals surface area contributed by atoms with E-state index in [9.17, 15) is 4.79 Å². The van der Waals surface area contributed by atoms with E-state index < -0.39 is 0 Å². The molecule has 2 heterocycles. The fourth-order valence-electron chi connectivity index (χ4n) is 1.66. The number of carbonyl (C=O) groups is 1. The van der Waals surface area contributed by atoms with Crippen molar-refractivity contribution in [2.75, 3.05) is 11.5 Å². The highest BCUT2D eigenvalue weighted by Gasteiger charge is 2.18. The first-order valence-corrected chi connectivity index (χ1v) is 6.21. The first-order chi connectivity index (χ1) is 7.27. The van der Waals surface area contributed by atoms with E-state index in [4.69, 9.17) is 0 Å².